The molecule has 4 rings (SSSR count). The van der Waals surface area contributed by atoms with Crippen molar-refractivity contribution < 1.29 is 19.4 Å². The highest BCUT2D eigenvalue weighted by Gasteiger charge is 2.43. The second kappa shape index (κ2) is 10.3. The molecular weight excluding hydrogens is 416 g/mol. The van der Waals surface area contributed by atoms with Crippen LogP contribution in [0.5, 0.6) is 5.75 Å². The number of hydrogen-bond donors (Lipinski definition) is 2. The first-order valence-electron chi connectivity index (χ1n) is 11.1. The molecular formula is C27H28N2O4. The molecule has 1 atom stereocenters. The summed E-state index contributed by atoms with van der Waals surface area (Å²) in [5.41, 5.74) is 0.783. The van der Waals surface area contributed by atoms with Crippen molar-refractivity contribution in [2.45, 2.75) is 24.9 Å². The number of aliphatic imine (C=N–C) groups is 1. The minimum atomic E-state index is -1.04. The van der Waals surface area contributed by atoms with E-state index in [2.05, 4.69) is 30.1 Å². The van der Waals surface area contributed by atoms with Gasteiger partial charge in [0.05, 0.1) is 6.61 Å². The molecule has 3 aromatic carbocycles. The first-order valence-corrected chi connectivity index (χ1v) is 11.1. The van der Waals surface area contributed by atoms with Gasteiger partial charge in [-0.3, -0.25) is 4.79 Å². The Morgan fingerprint density at radius 1 is 1.15 bits per heavy atom. The summed E-state index contributed by atoms with van der Waals surface area (Å²) in [4.78, 5) is 18.0. The minimum Gasteiger partial charge on any atom is -0.494 e. The Hall–Kier alpha value is -3.64. The molecule has 0 aliphatic carbocycles. The Bertz CT molecular complexity index is 1150. The molecule has 0 bridgehead atoms. The maximum atomic E-state index is 13.3. The van der Waals surface area contributed by atoms with Crippen molar-refractivity contribution in [3.05, 3.63) is 90.5 Å². The molecule has 0 radical (unpaired) electrons. The second-order valence-electron chi connectivity index (χ2n) is 8.00. The van der Waals surface area contributed by atoms with Crippen LogP contribution in [0.15, 0.2) is 84.4 Å². The van der Waals surface area contributed by atoms with Gasteiger partial charge in [-0.25, -0.2) is 4.99 Å². The molecule has 6 heteroatoms. The Labute approximate surface area is 193 Å². The highest BCUT2D eigenvalue weighted by molar-refractivity contribution is 6.00. The van der Waals surface area contributed by atoms with Crippen LogP contribution in [0, 0.1) is 0 Å². The average molecular weight is 445 g/mol. The van der Waals surface area contributed by atoms with Crippen molar-refractivity contribution >= 4 is 22.6 Å². The van der Waals surface area contributed by atoms with E-state index < -0.39 is 5.54 Å². The van der Waals surface area contributed by atoms with Crippen molar-refractivity contribution in [2.75, 3.05) is 19.8 Å². The zero-order chi connectivity index (χ0) is 23.1. The monoisotopic (exact) mass is 444 g/mol. The average Bonchev–Trinajstić information content (AvgIpc) is 3.29. The number of aliphatic hydroxyl groups excluding tert-OH is 1. The summed E-state index contributed by atoms with van der Waals surface area (Å²) >= 11 is 0. The number of rotatable bonds is 10. The Morgan fingerprint density at radius 2 is 1.94 bits per heavy atom. The number of ether oxygens (including phenoxy) is 2. The van der Waals surface area contributed by atoms with E-state index in [0.29, 0.717) is 37.6 Å². The van der Waals surface area contributed by atoms with E-state index in [1.54, 1.807) is 6.08 Å². The Morgan fingerprint density at radius 3 is 2.73 bits per heavy atom. The minimum absolute atomic E-state index is 0.0939. The third kappa shape index (κ3) is 5.07. The van der Waals surface area contributed by atoms with Crippen molar-refractivity contribution in [3.8, 4) is 5.75 Å². The summed E-state index contributed by atoms with van der Waals surface area (Å²) in [6.45, 7) is 4.93. The van der Waals surface area contributed by atoms with Gasteiger partial charge in [-0.2, -0.15) is 0 Å². The van der Waals surface area contributed by atoms with Gasteiger partial charge in [-0.05, 0) is 40.6 Å². The van der Waals surface area contributed by atoms with Crippen molar-refractivity contribution in [1.29, 1.82) is 0 Å². The van der Waals surface area contributed by atoms with Crippen molar-refractivity contribution in [1.82, 2.24) is 5.32 Å². The van der Waals surface area contributed by atoms with Gasteiger partial charge in [0.25, 0.3) is 5.91 Å². The van der Waals surface area contributed by atoms with Crippen LogP contribution in [0.25, 0.3) is 10.8 Å². The number of carbonyl (C=O) groups excluding carboxylic acids is 1. The van der Waals surface area contributed by atoms with Gasteiger partial charge in [0.2, 0.25) is 5.90 Å². The van der Waals surface area contributed by atoms with Crippen LogP contribution in [0.3, 0.4) is 0 Å². The second-order valence-corrected chi connectivity index (χ2v) is 8.00. The molecule has 6 nitrogen and oxygen atoms in total. The van der Waals surface area contributed by atoms with Gasteiger partial charge in [-0.15, -0.1) is 6.58 Å². The standard InChI is InChI=1S/C27H28N2O4/c1-2-15-27(26(31)28-18-22-9-5-8-20-7-3-4-10-24(20)22)19-33-25(29-27)21-11-13-23(14-12-21)32-17-6-16-30/h2-5,7-14,30H,1,6,15-19H2,(H,28,31)/t27-/m1/s1. The molecule has 1 aliphatic rings. The zero-order valence-corrected chi connectivity index (χ0v) is 18.5. The van der Waals surface area contributed by atoms with Crippen molar-refractivity contribution in [2.24, 2.45) is 4.99 Å². The topological polar surface area (TPSA) is 80.2 Å². The van der Waals surface area contributed by atoms with Gasteiger partial charge in [0.1, 0.15) is 12.4 Å². The maximum absolute atomic E-state index is 13.3. The summed E-state index contributed by atoms with van der Waals surface area (Å²) in [5, 5.41) is 14.2. The molecule has 1 heterocycles. The number of amides is 1. The van der Waals surface area contributed by atoms with E-state index >= 15 is 0 Å². The van der Waals surface area contributed by atoms with Crippen molar-refractivity contribution in [3.63, 3.8) is 0 Å². The van der Waals surface area contributed by atoms with Gasteiger partial charge in [0.15, 0.2) is 5.54 Å². The van der Waals surface area contributed by atoms with E-state index in [4.69, 9.17) is 19.6 Å². The third-order valence-electron chi connectivity index (χ3n) is 5.66. The van der Waals surface area contributed by atoms with Crippen LogP contribution in [0.4, 0.5) is 0 Å². The van der Waals surface area contributed by atoms with Crippen LogP contribution in [-0.2, 0) is 16.1 Å². The Balaban J connectivity index is 1.48. The van der Waals surface area contributed by atoms with Crippen LogP contribution in [0.2, 0.25) is 0 Å². The van der Waals surface area contributed by atoms with Crippen LogP contribution < -0.4 is 10.1 Å². The smallest absolute Gasteiger partial charge is 0.252 e. The molecule has 1 amide bonds. The number of hydrogen-bond acceptors (Lipinski definition) is 5. The summed E-state index contributed by atoms with van der Waals surface area (Å²) in [6.07, 6.45) is 2.65. The first kappa shape index (κ1) is 22.6. The Kier molecular flexibility index (Phi) is 7.05. The lowest BCUT2D eigenvalue weighted by Gasteiger charge is -2.21. The van der Waals surface area contributed by atoms with E-state index in [0.717, 1.165) is 21.9 Å². The fourth-order valence-electron chi connectivity index (χ4n) is 3.88. The molecule has 0 saturated carbocycles. The molecule has 0 fully saturated rings. The molecule has 1 aliphatic heterocycles. The quantitative estimate of drug-likeness (QED) is 0.366. The van der Waals surface area contributed by atoms with E-state index in [-0.39, 0.29) is 19.1 Å². The van der Waals surface area contributed by atoms with Crippen LogP contribution in [-0.4, -0.2) is 42.3 Å². The maximum Gasteiger partial charge on any atom is 0.252 e. The number of fused-ring (bicyclic) bond motifs is 1. The number of benzene rings is 3. The predicted molar refractivity (Wildman–Crippen MR) is 129 cm³/mol. The summed E-state index contributed by atoms with van der Waals surface area (Å²) < 4.78 is 11.4. The van der Waals surface area contributed by atoms with Gasteiger partial charge in [0, 0.05) is 31.6 Å². The van der Waals surface area contributed by atoms with E-state index in [1.165, 1.54) is 0 Å². The SMILES string of the molecule is C=CC[C@]1(C(=O)NCc2cccc3ccccc23)COC(c2ccc(OCCCO)cc2)=N1. The van der Waals surface area contributed by atoms with Gasteiger partial charge in [-0.1, -0.05) is 48.5 Å². The third-order valence-corrected chi connectivity index (χ3v) is 5.66. The van der Waals surface area contributed by atoms with Gasteiger partial charge >= 0.3 is 0 Å². The highest BCUT2D eigenvalue weighted by atomic mass is 16.5. The van der Waals surface area contributed by atoms with Crippen LogP contribution in [0.1, 0.15) is 24.0 Å². The number of nitrogens with one attached hydrogen (secondary N) is 1. The molecule has 0 spiro atoms. The number of carbonyl (C=O) groups is 1. The molecule has 0 unspecified atom stereocenters. The summed E-state index contributed by atoms with van der Waals surface area (Å²) in [6, 6.07) is 21.6. The summed E-state index contributed by atoms with van der Waals surface area (Å²) in [7, 11) is 0. The molecule has 170 valence electrons. The van der Waals surface area contributed by atoms with E-state index in [9.17, 15) is 4.79 Å². The number of nitrogens with zero attached hydrogens (tertiary/aromatic N) is 1. The molecule has 0 saturated heterocycles. The predicted octanol–water partition coefficient (Wildman–Crippen LogP) is 4.01. The lowest BCUT2D eigenvalue weighted by atomic mass is 9.96. The summed E-state index contributed by atoms with van der Waals surface area (Å²) in [5.74, 6) is 0.948. The van der Waals surface area contributed by atoms with E-state index in [1.807, 2.05) is 48.5 Å². The highest BCUT2D eigenvalue weighted by Crippen LogP contribution is 2.28. The van der Waals surface area contributed by atoms with Gasteiger partial charge < -0.3 is 19.9 Å². The fraction of sp³-hybridized carbons (Fsp3) is 0.259. The molecule has 0 aromatic heterocycles. The molecule has 2 N–H and O–H groups in total. The largest absolute Gasteiger partial charge is 0.494 e. The normalized spacial score (nSPS) is 17.3. The zero-order valence-electron chi connectivity index (χ0n) is 18.5. The molecule has 3 aromatic rings. The number of aliphatic hydroxyl groups is 1. The first-order chi connectivity index (χ1) is 16.1. The molecule has 33 heavy (non-hydrogen) atoms. The lowest BCUT2D eigenvalue weighted by Crippen LogP contribution is -2.46. The fourth-order valence-corrected chi connectivity index (χ4v) is 3.88. The lowest BCUT2D eigenvalue weighted by molar-refractivity contribution is -0.126. The van der Waals surface area contributed by atoms with Crippen LogP contribution >= 0.6 is 0 Å².